The van der Waals surface area contributed by atoms with Gasteiger partial charge in [-0.05, 0) is 178 Å². The van der Waals surface area contributed by atoms with Crippen LogP contribution in [0.2, 0.25) is 0 Å². The minimum Gasteiger partial charge on any atom is -0.388 e. The number of aromatic amines is 1. The van der Waals surface area contributed by atoms with Crippen LogP contribution in [0.15, 0.2) is 168 Å². The van der Waals surface area contributed by atoms with Crippen LogP contribution in [0.1, 0.15) is 93.9 Å². The van der Waals surface area contributed by atoms with Crippen molar-refractivity contribution in [3.63, 3.8) is 0 Å². The van der Waals surface area contributed by atoms with E-state index in [4.69, 9.17) is 4.74 Å². The average molecular weight is 1170 g/mol. The van der Waals surface area contributed by atoms with Gasteiger partial charge in [0.05, 0.1) is 37.9 Å². The molecule has 2 aliphatic carbocycles. The molecule has 11 aromatic rings. The van der Waals surface area contributed by atoms with E-state index in [1.165, 1.54) is 61.7 Å². The number of hydrogen-bond donors (Lipinski definition) is 1. The van der Waals surface area contributed by atoms with Gasteiger partial charge in [0.1, 0.15) is 5.65 Å². The Morgan fingerprint density at radius 3 is 1.64 bits per heavy atom. The molecule has 2 saturated carbocycles. The van der Waals surface area contributed by atoms with E-state index in [0.29, 0.717) is 6.10 Å². The number of thiazole rings is 4. The number of methoxy groups -OCH3 is 1. The van der Waals surface area contributed by atoms with Crippen LogP contribution in [0.3, 0.4) is 0 Å². The summed E-state index contributed by atoms with van der Waals surface area (Å²) in [5.74, 6) is 3.48. The molecule has 1 aromatic carbocycles. The second kappa shape index (κ2) is 41.8. The molecule has 3 atom stereocenters. The van der Waals surface area contributed by atoms with Crippen molar-refractivity contribution in [2.45, 2.75) is 114 Å². The molecule has 80 heavy (non-hydrogen) atoms. The Morgan fingerprint density at radius 1 is 0.600 bits per heavy atom. The molecule has 3 fully saturated rings. The highest BCUT2D eigenvalue weighted by molar-refractivity contribution is 7.18. The number of hydrogen-bond acceptors (Lipinski definition) is 15. The number of thiophene rings is 1. The van der Waals surface area contributed by atoms with Crippen LogP contribution in [-0.2, 0) is 9.47 Å². The number of pyridine rings is 3. The smallest absolute Gasteiger partial charge is 0.136 e. The predicted octanol–water partition coefficient (Wildman–Crippen LogP) is 17.7. The predicted molar refractivity (Wildman–Crippen MR) is 343 cm³/mol. The lowest BCUT2D eigenvalue weighted by molar-refractivity contribution is 0.125. The quantitative estimate of drug-likeness (QED) is 0.156. The molecular weight excluding hydrogens is 1090 g/mol. The van der Waals surface area contributed by atoms with Crippen LogP contribution in [0.4, 0.5) is 0 Å². The van der Waals surface area contributed by atoms with Gasteiger partial charge in [0, 0.05) is 113 Å². The van der Waals surface area contributed by atoms with E-state index >= 15 is 0 Å². The molecule has 1 N–H and O–H groups in total. The minimum atomic E-state index is 0.546. The zero-order chi connectivity index (χ0) is 58.2. The van der Waals surface area contributed by atoms with Crippen LogP contribution in [-0.4, -0.2) is 76.4 Å². The lowest BCUT2D eigenvalue weighted by Gasteiger charge is -1.94. The van der Waals surface area contributed by atoms with Gasteiger partial charge in [0.2, 0.25) is 0 Å². The van der Waals surface area contributed by atoms with Crippen molar-refractivity contribution < 1.29 is 9.47 Å². The molecule has 17 heteroatoms. The number of para-hydroxylation sites is 1. The van der Waals surface area contributed by atoms with Crippen LogP contribution >= 0.6 is 56.7 Å². The van der Waals surface area contributed by atoms with Gasteiger partial charge in [0.25, 0.3) is 0 Å². The number of benzene rings is 1. The fourth-order valence-electron chi connectivity index (χ4n) is 7.38. The first kappa shape index (κ1) is 68.1. The van der Waals surface area contributed by atoms with E-state index in [9.17, 15) is 0 Å². The van der Waals surface area contributed by atoms with Crippen molar-refractivity contribution >= 4 is 72.5 Å². The summed E-state index contributed by atoms with van der Waals surface area (Å²) in [6, 6.07) is 30.1. The third-order valence-corrected chi connectivity index (χ3v) is 15.5. The Morgan fingerprint density at radius 2 is 1.30 bits per heavy atom. The highest BCUT2D eigenvalue weighted by atomic mass is 32.1. The molecule has 11 heterocycles. The van der Waals surface area contributed by atoms with Gasteiger partial charge < -0.3 is 13.9 Å². The van der Waals surface area contributed by atoms with Gasteiger partial charge in [-0.1, -0.05) is 49.7 Å². The Labute approximate surface area is 496 Å². The van der Waals surface area contributed by atoms with E-state index in [2.05, 4.69) is 98.6 Å². The Hall–Kier alpha value is -6.18. The summed E-state index contributed by atoms with van der Waals surface area (Å²) in [6.45, 7) is 23.7. The van der Waals surface area contributed by atoms with Gasteiger partial charge in [-0.25, -0.2) is 9.97 Å². The monoisotopic (exact) mass is 1170 g/mol. The third kappa shape index (κ3) is 31.6. The first-order chi connectivity index (χ1) is 38.7. The van der Waals surface area contributed by atoms with Crippen LogP contribution in [0.25, 0.3) is 15.9 Å². The zero-order valence-electron chi connectivity index (χ0n) is 49.1. The van der Waals surface area contributed by atoms with Crippen molar-refractivity contribution in [3.8, 4) is 0 Å². The lowest BCUT2D eigenvalue weighted by atomic mass is 10.2. The summed E-state index contributed by atoms with van der Waals surface area (Å²) in [5, 5.41) is 11.7. The maximum atomic E-state index is 5.15. The number of H-pyrrole nitrogens is 1. The molecule has 1 aliphatic heterocycles. The number of rotatable bonds is 0. The van der Waals surface area contributed by atoms with E-state index in [0.717, 1.165) is 45.8 Å². The zero-order valence-corrected chi connectivity index (χ0v) is 53.2. The van der Waals surface area contributed by atoms with E-state index in [1.54, 1.807) is 102 Å². The highest BCUT2D eigenvalue weighted by Gasteiger charge is 2.48. The van der Waals surface area contributed by atoms with Crippen LogP contribution < -0.4 is 0 Å². The molecule has 2 unspecified atom stereocenters. The topological polar surface area (TPSA) is 142 Å². The van der Waals surface area contributed by atoms with E-state index in [1.807, 2.05) is 181 Å². The fraction of sp³-hybridized carbons (Fsp3) is 0.365. The van der Waals surface area contributed by atoms with Crippen molar-refractivity contribution in [2.24, 2.45) is 17.8 Å². The summed E-state index contributed by atoms with van der Waals surface area (Å²) in [6.07, 6.45) is 22.4. The van der Waals surface area contributed by atoms with Crippen molar-refractivity contribution in [1.29, 1.82) is 0 Å². The molecule has 12 nitrogen and oxygen atoms in total. The van der Waals surface area contributed by atoms with Crippen LogP contribution in [0.5, 0.6) is 0 Å². The van der Waals surface area contributed by atoms with E-state index in [-0.39, 0.29) is 0 Å². The van der Waals surface area contributed by atoms with Crippen molar-refractivity contribution in [3.05, 3.63) is 216 Å². The summed E-state index contributed by atoms with van der Waals surface area (Å²) >= 11 is 8.48. The summed E-state index contributed by atoms with van der Waals surface area (Å²) in [5.41, 5.74) is 13.3. The molecule has 0 amide bonds. The lowest BCUT2D eigenvalue weighted by Crippen LogP contribution is -1.94. The average Bonchev–Trinajstić information content (AvgIpc) is 4.32. The third-order valence-electron chi connectivity index (χ3n) is 11.6. The van der Waals surface area contributed by atoms with Gasteiger partial charge in [-0.3, -0.25) is 30.0 Å². The Balaban J connectivity index is 0.000000231. The first-order valence-corrected chi connectivity index (χ1v) is 31.1. The molecule has 428 valence electrons. The van der Waals surface area contributed by atoms with Gasteiger partial charge in [-0.2, -0.15) is 5.10 Å². The number of fused-ring (bicyclic) bond motifs is 3. The molecule has 14 rings (SSSR count). The number of ether oxygens (including phenoxy) is 2. The summed E-state index contributed by atoms with van der Waals surface area (Å²) in [7, 11) is 3.25. The first-order valence-electron chi connectivity index (χ1n) is 26.7. The molecule has 1 saturated heterocycles. The van der Waals surface area contributed by atoms with E-state index < -0.39 is 0 Å². The largest absolute Gasteiger partial charge is 0.388 e. The maximum Gasteiger partial charge on any atom is 0.136 e. The maximum absolute atomic E-state index is 5.15. The second-order valence-electron chi connectivity index (χ2n) is 18.7. The van der Waals surface area contributed by atoms with Crippen LogP contribution in [0, 0.1) is 80.1 Å². The number of aryl methyl sites for hydroxylation is 9. The summed E-state index contributed by atoms with van der Waals surface area (Å²) < 4.78 is 12.7. The molecule has 0 bridgehead atoms. The summed E-state index contributed by atoms with van der Waals surface area (Å²) in [4.78, 5) is 31.9. The molecule has 3 aliphatic rings. The van der Waals surface area contributed by atoms with Gasteiger partial charge >= 0.3 is 0 Å². The second-order valence-corrected chi connectivity index (χ2v) is 24.0. The highest BCUT2D eigenvalue weighted by Crippen LogP contribution is 2.56. The Bertz CT molecular complexity index is 2800. The fourth-order valence-corrected chi connectivity index (χ4v) is 10.1. The molecule has 10 aromatic heterocycles. The SMILES string of the molecule is CC1C2CCCC12.COC.C[C@H]1CCCO1.Cc1ccccn1.Cc1cccnc1.Cc1cccs1.Cc1ccn[nH]1.Cc1cnc2ccccn12.Cc1cncs1.Cc1cncs1.Cc1cscn1.Cc1nc2ccccc2s1. The normalized spacial score (nSPS) is 15.3. The van der Waals surface area contributed by atoms with Gasteiger partial charge in [-0.15, -0.1) is 56.7 Å². The Kier molecular flexibility index (Phi) is 35.6. The minimum absolute atomic E-state index is 0.546. The number of imidazole rings is 1. The van der Waals surface area contributed by atoms with Crippen molar-refractivity contribution in [1.82, 2.24) is 49.5 Å². The molecule has 0 spiro atoms. The number of aromatic nitrogens is 10. The molecular formula is C63H84N10O2S5. The van der Waals surface area contributed by atoms with Gasteiger partial charge in [0.15, 0.2) is 0 Å². The number of nitrogens with one attached hydrogen (secondary N) is 1. The standard InChI is InChI=1S/C8H8N2.C8H7NS.C7H12.2C6H7N.C5H10O.C5H6S.C4H6N2.3C4H5NS.C2H6O/c1-7-6-9-8-4-2-3-5-10(7)8;1-6-9-7-4-2-3-5-8(7)10-6;1-5-6-3-2-4-7(5)6;1-6-3-2-4-7-5-6;1-6-4-2-3-5-7-6;2*1-5-3-2-4-6-5;1-4-2-3-5-6-4;1-4-2-6-3-5-4;2*1-4-2-5-3-6-4;1-3-2/h2-6H,1H3;2-5H,1H3;5-7H,2-4H2,1H3;2*2-5H,1H3;5H,2-4H2,1H3;2-4H,1H3;2-3H,1H3,(H,5,6);3*2-3H,1H3;1-2H3/t;;;;;5-;;;;;;/m.....0....../s1. The molecule has 0 radical (unpaired) electrons. The van der Waals surface area contributed by atoms with Crippen molar-refractivity contribution in [2.75, 3.05) is 20.8 Å². The number of nitrogens with zero attached hydrogens (tertiary/aromatic N) is 9.